The number of anilines is 1. The fourth-order valence-electron chi connectivity index (χ4n) is 4.43. The van der Waals surface area contributed by atoms with Gasteiger partial charge in [-0.25, -0.2) is 4.79 Å². The first-order chi connectivity index (χ1) is 15.5. The van der Waals surface area contributed by atoms with Gasteiger partial charge in [0, 0.05) is 30.4 Å². The van der Waals surface area contributed by atoms with Gasteiger partial charge in [-0.05, 0) is 73.9 Å². The van der Waals surface area contributed by atoms with Gasteiger partial charge in [-0.15, -0.1) is 0 Å². The Morgan fingerprint density at radius 2 is 1.85 bits per heavy atom. The molecular weight excluding hydrogens is 434 g/mol. The number of amides is 2. The molecule has 5 nitrogen and oxygen atoms in total. The molecule has 0 spiro atoms. The maximum atomic E-state index is 13.6. The summed E-state index contributed by atoms with van der Waals surface area (Å²) >= 11 is 6.70. The molecule has 0 fully saturated rings. The Morgan fingerprint density at radius 3 is 2.42 bits per heavy atom. The molecule has 0 radical (unpaired) electrons. The Kier molecular flexibility index (Phi) is 7.45. The van der Waals surface area contributed by atoms with E-state index < -0.39 is 5.54 Å². The summed E-state index contributed by atoms with van der Waals surface area (Å²) in [7, 11) is 3.45. The van der Waals surface area contributed by atoms with E-state index in [0.717, 1.165) is 51.6 Å². The van der Waals surface area contributed by atoms with Crippen molar-refractivity contribution in [3.05, 3.63) is 69.9 Å². The molecule has 0 aliphatic carbocycles. The maximum Gasteiger partial charge on any atom is 0.329 e. The minimum atomic E-state index is -0.725. The van der Waals surface area contributed by atoms with Crippen molar-refractivity contribution in [2.45, 2.75) is 59.0 Å². The summed E-state index contributed by atoms with van der Waals surface area (Å²) in [6.45, 7) is 10.4. The second-order valence-corrected chi connectivity index (χ2v) is 9.96. The van der Waals surface area contributed by atoms with Crippen LogP contribution in [0.25, 0.3) is 0 Å². The highest BCUT2D eigenvalue weighted by atomic mass is 35.5. The van der Waals surface area contributed by atoms with Gasteiger partial charge in [-0.2, -0.15) is 0 Å². The smallest absolute Gasteiger partial charge is 0.329 e. The van der Waals surface area contributed by atoms with Crippen molar-refractivity contribution in [2.24, 2.45) is 11.7 Å². The summed E-state index contributed by atoms with van der Waals surface area (Å²) in [6, 6.07) is 11.5. The van der Waals surface area contributed by atoms with Crippen molar-refractivity contribution in [3.63, 3.8) is 0 Å². The normalized spacial score (nSPS) is 19.7. The summed E-state index contributed by atoms with van der Waals surface area (Å²) < 4.78 is 5.47. The molecule has 2 N–H and O–H groups in total. The van der Waals surface area contributed by atoms with E-state index in [0.29, 0.717) is 5.92 Å². The number of rotatable bonds is 7. The number of halogens is 1. The first-order valence-electron chi connectivity index (χ1n) is 11.5. The highest BCUT2D eigenvalue weighted by Gasteiger charge is 2.45. The third-order valence-electron chi connectivity index (χ3n) is 6.76. The zero-order valence-electron chi connectivity index (χ0n) is 20.8. The maximum absolute atomic E-state index is 13.6. The molecule has 1 aliphatic heterocycles. The van der Waals surface area contributed by atoms with Crippen LogP contribution in [0.2, 0.25) is 5.02 Å². The van der Waals surface area contributed by atoms with Gasteiger partial charge >= 0.3 is 6.03 Å². The Balaban J connectivity index is 2.08. The average molecular weight is 470 g/mol. The highest BCUT2D eigenvalue weighted by Crippen LogP contribution is 2.42. The third-order valence-corrected chi connectivity index (χ3v) is 7.11. The number of carbonyl (C=O) groups is 1. The minimum absolute atomic E-state index is 0.146. The molecular formula is C27H36ClN3O2. The standard InChI is InChI=1S/C27H36ClN3O2/c1-17(2)8-10-20-11-12-21(14-24(20)28)27(5)23(19(4)29)16-31(26(32)30(27)6)22-13-9-18(3)25(15-22)33-7/h9,11-17,19H,8,10,29H2,1-7H3/t19?,27-/m0/s1. The SMILES string of the molecule is COc1cc(N2C=C(C(C)N)[C@](C)(c3ccc(CCC(C)C)c(Cl)c3)N(C)C2=O)ccc1C. The predicted molar refractivity (Wildman–Crippen MR) is 137 cm³/mol. The number of benzene rings is 2. The summed E-state index contributed by atoms with van der Waals surface area (Å²) in [5.74, 6) is 1.34. The topological polar surface area (TPSA) is 58.8 Å². The fraction of sp³-hybridized carbons (Fsp3) is 0.444. The number of aryl methyl sites for hydroxylation is 2. The second-order valence-electron chi connectivity index (χ2n) is 9.55. The molecule has 2 atom stereocenters. The molecule has 2 aromatic carbocycles. The number of hydrogen-bond acceptors (Lipinski definition) is 3. The molecule has 1 heterocycles. The van der Waals surface area contributed by atoms with E-state index in [4.69, 9.17) is 22.1 Å². The highest BCUT2D eigenvalue weighted by molar-refractivity contribution is 6.31. The van der Waals surface area contributed by atoms with Crippen LogP contribution in [0.4, 0.5) is 10.5 Å². The van der Waals surface area contributed by atoms with Gasteiger partial charge in [0.25, 0.3) is 0 Å². The molecule has 6 heteroatoms. The number of hydrogen-bond donors (Lipinski definition) is 1. The molecule has 0 bridgehead atoms. The molecule has 0 aromatic heterocycles. The summed E-state index contributed by atoms with van der Waals surface area (Å²) in [4.78, 5) is 17.0. The monoisotopic (exact) mass is 469 g/mol. The molecule has 0 saturated heterocycles. The van der Waals surface area contributed by atoms with Crippen molar-refractivity contribution in [1.29, 1.82) is 0 Å². The number of carbonyl (C=O) groups excluding carboxylic acids is 1. The van der Waals surface area contributed by atoms with E-state index in [2.05, 4.69) is 26.0 Å². The zero-order chi connectivity index (χ0) is 24.5. The van der Waals surface area contributed by atoms with Crippen LogP contribution < -0.4 is 15.4 Å². The van der Waals surface area contributed by atoms with Crippen molar-refractivity contribution in [2.75, 3.05) is 19.1 Å². The molecule has 0 saturated carbocycles. The van der Waals surface area contributed by atoms with Gasteiger partial charge in [-0.3, -0.25) is 4.90 Å². The van der Waals surface area contributed by atoms with Crippen LogP contribution >= 0.6 is 11.6 Å². The number of nitrogens with two attached hydrogens (primary N) is 1. The van der Waals surface area contributed by atoms with Gasteiger partial charge in [0.2, 0.25) is 0 Å². The van der Waals surface area contributed by atoms with Crippen LogP contribution in [0.5, 0.6) is 5.75 Å². The third kappa shape index (κ3) is 4.75. The van der Waals surface area contributed by atoms with Gasteiger partial charge in [-0.1, -0.05) is 43.6 Å². The molecule has 178 valence electrons. The number of nitrogens with zero attached hydrogens (tertiary/aromatic N) is 2. The van der Waals surface area contributed by atoms with Crippen molar-refractivity contribution < 1.29 is 9.53 Å². The molecule has 2 amide bonds. The largest absolute Gasteiger partial charge is 0.496 e. The first-order valence-corrected chi connectivity index (χ1v) is 11.9. The van der Waals surface area contributed by atoms with Gasteiger partial charge in [0.15, 0.2) is 0 Å². The lowest BCUT2D eigenvalue weighted by molar-refractivity contribution is 0.163. The Labute approximate surface area is 203 Å². The molecule has 3 rings (SSSR count). The van der Waals surface area contributed by atoms with E-state index in [1.54, 1.807) is 16.9 Å². The molecule has 33 heavy (non-hydrogen) atoms. The second kappa shape index (κ2) is 9.78. The minimum Gasteiger partial charge on any atom is -0.496 e. The van der Waals surface area contributed by atoms with Crippen LogP contribution in [0.1, 0.15) is 50.8 Å². The number of methoxy groups -OCH3 is 1. The molecule has 2 aromatic rings. The first kappa shape index (κ1) is 25.1. The molecule has 1 aliphatic rings. The lowest BCUT2D eigenvalue weighted by Crippen LogP contribution is -2.57. The van der Waals surface area contributed by atoms with Gasteiger partial charge in [0.05, 0.1) is 18.3 Å². The fourth-order valence-corrected chi connectivity index (χ4v) is 4.70. The van der Waals surface area contributed by atoms with Crippen LogP contribution in [0, 0.1) is 12.8 Å². The number of urea groups is 1. The van der Waals surface area contributed by atoms with Crippen LogP contribution in [0.15, 0.2) is 48.2 Å². The Morgan fingerprint density at radius 1 is 1.15 bits per heavy atom. The van der Waals surface area contributed by atoms with E-state index >= 15 is 0 Å². The zero-order valence-corrected chi connectivity index (χ0v) is 21.5. The summed E-state index contributed by atoms with van der Waals surface area (Å²) in [5.41, 5.74) is 10.5. The number of ether oxygens (including phenoxy) is 1. The van der Waals surface area contributed by atoms with Gasteiger partial charge < -0.3 is 15.4 Å². The van der Waals surface area contributed by atoms with Crippen molar-refractivity contribution in [3.8, 4) is 5.75 Å². The van der Waals surface area contributed by atoms with Crippen molar-refractivity contribution in [1.82, 2.24) is 4.90 Å². The summed E-state index contributed by atoms with van der Waals surface area (Å²) in [6.07, 6.45) is 3.88. The predicted octanol–water partition coefficient (Wildman–Crippen LogP) is 6.26. The van der Waals surface area contributed by atoms with Gasteiger partial charge in [0.1, 0.15) is 5.75 Å². The lowest BCUT2D eigenvalue weighted by atomic mass is 9.78. The Bertz CT molecular complexity index is 1060. The van der Waals surface area contributed by atoms with Crippen LogP contribution in [0.3, 0.4) is 0 Å². The van der Waals surface area contributed by atoms with E-state index in [9.17, 15) is 4.79 Å². The van der Waals surface area contributed by atoms with E-state index in [1.165, 1.54) is 0 Å². The quantitative estimate of drug-likeness (QED) is 0.520. The van der Waals surface area contributed by atoms with Crippen LogP contribution in [-0.2, 0) is 12.0 Å². The Hall–Kier alpha value is -2.50. The number of likely N-dealkylation sites (N-methyl/N-ethyl adjacent to an activating group) is 1. The van der Waals surface area contributed by atoms with Crippen LogP contribution in [-0.4, -0.2) is 31.1 Å². The lowest BCUT2D eigenvalue weighted by Gasteiger charge is -2.48. The molecule has 1 unspecified atom stereocenters. The van der Waals surface area contributed by atoms with E-state index in [-0.39, 0.29) is 12.1 Å². The van der Waals surface area contributed by atoms with Crippen molar-refractivity contribution >= 4 is 23.3 Å². The summed E-state index contributed by atoms with van der Waals surface area (Å²) in [5, 5.41) is 0.727. The average Bonchev–Trinajstić information content (AvgIpc) is 2.77. The van der Waals surface area contributed by atoms with E-state index in [1.807, 2.05) is 58.3 Å².